The molecule has 1 heterocycles. The fraction of sp³-hybridized carbons (Fsp3) is 0.545. The fourth-order valence-electron chi connectivity index (χ4n) is 1.04. The van der Waals surface area contributed by atoms with Crippen LogP contribution in [0.3, 0.4) is 0 Å². The van der Waals surface area contributed by atoms with E-state index < -0.39 is 0 Å². The summed E-state index contributed by atoms with van der Waals surface area (Å²) in [6, 6.07) is 4.15. The first-order chi connectivity index (χ1) is 6.59. The summed E-state index contributed by atoms with van der Waals surface area (Å²) in [5.74, 6) is 1.80. The van der Waals surface area contributed by atoms with E-state index >= 15 is 0 Å². The van der Waals surface area contributed by atoms with Crippen LogP contribution in [0.5, 0.6) is 0 Å². The molecule has 1 atom stereocenters. The van der Waals surface area contributed by atoms with Crippen LogP contribution < -0.4 is 5.73 Å². The van der Waals surface area contributed by atoms with Crippen LogP contribution in [-0.4, -0.2) is 10.7 Å². The molecule has 0 unspecified atom stereocenters. The van der Waals surface area contributed by atoms with E-state index in [2.05, 4.69) is 24.9 Å². The summed E-state index contributed by atoms with van der Waals surface area (Å²) in [6.07, 6.45) is 1.83. The number of thioether (sulfide) groups is 1. The Kier molecular flexibility index (Phi) is 4.42. The highest BCUT2D eigenvalue weighted by molar-refractivity contribution is 7.99. The van der Waals surface area contributed by atoms with Gasteiger partial charge in [0.1, 0.15) is 0 Å². The van der Waals surface area contributed by atoms with Gasteiger partial charge in [-0.1, -0.05) is 13.8 Å². The molecule has 0 fully saturated rings. The third-order valence-electron chi connectivity index (χ3n) is 1.85. The number of pyridine rings is 1. The summed E-state index contributed by atoms with van der Waals surface area (Å²) in [5, 5.41) is 1.08. The molecule has 0 bridgehead atoms. The van der Waals surface area contributed by atoms with Gasteiger partial charge in [0.25, 0.3) is 0 Å². The van der Waals surface area contributed by atoms with Gasteiger partial charge in [-0.3, -0.25) is 0 Å². The molecule has 1 aromatic rings. The van der Waals surface area contributed by atoms with Gasteiger partial charge >= 0.3 is 0 Å². The zero-order valence-electron chi connectivity index (χ0n) is 9.03. The lowest BCUT2D eigenvalue weighted by Crippen LogP contribution is -2.05. The Labute approximate surface area is 90.3 Å². The fourth-order valence-corrected chi connectivity index (χ4v) is 1.90. The molecule has 0 spiro atoms. The van der Waals surface area contributed by atoms with Crippen molar-refractivity contribution >= 4 is 11.8 Å². The van der Waals surface area contributed by atoms with Crippen molar-refractivity contribution in [2.45, 2.75) is 31.8 Å². The minimum absolute atomic E-state index is 0.0939. The van der Waals surface area contributed by atoms with E-state index in [1.807, 2.05) is 19.2 Å². The van der Waals surface area contributed by atoms with Gasteiger partial charge in [0, 0.05) is 18.0 Å². The Morgan fingerprint density at radius 2 is 2.14 bits per heavy atom. The average molecular weight is 210 g/mol. The Hall–Kier alpha value is -0.540. The molecule has 0 aliphatic carbocycles. The molecule has 0 radical (unpaired) electrons. The van der Waals surface area contributed by atoms with Crippen LogP contribution in [0.4, 0.5) is 0 Å². The number of aromatic nitrogens is 1. The van der Waals surface area contributed by atoms with Crippen LogP contribution in [-0.2, 0) is 0 Å². The first-order valence-corrected chi connectivity index (χ1v) is 5.92. The summed E-state index contributed by atoms with van der Waals surface area (Å²) in [6.45, 7) is 6.41. The molecule has 3 heteroatoms. The van der Waals surface area contributed by atoms with Crippen molar-refractivity contribution in [3.63, 3.8) is 0 Å². The van der Waals surface area contributed by atoms with Crippen molar-refractivity contribution in [2.24, 2.45) is 11.7 Å². The van der Waals surface area contributed by atoms with Crippen molar-refractivity contribution in [3.05, 3.63) is 23.9 Å². The lowest BCUT2D eigenvalue weighted by Gasteiger charge is -2.08. The molecule has 78 valence electrons. The van der Waals surface area contributed by atoms with Crippen LogP contribution in [0.25, 0.3) is 0 Å². The zero-order valence-corrected chi connectivity index (χ0v) is 9.84. The standard InChI is InChI=1S/C11H18N2S/c1-8(2)7-14-11-6-10(9(3)12)4-5-13-11/h4-6,8-9H,7,12H2,1-3H3/t9-/m1/s1. The molecule has 2 nitrogen and oxygen atoms in total. The molecule has 0 aromatic carbocycles. The van der Waals surface area contributed by atoms with Gasteiger partial charge in [-0.25, -0.2) is 4.98 Å². The third-order valence-corrected chi connectivity index (χ3v) is 3.20. The topological polar surface area (TPSA) is 38.9 Å². The number of nitrogens with two attached hydrogens (primary N) is 1. The highest BCUT2D eigenvalue weighted by atomic mass is 32.2. The van der Waals surface area contributed by atoms with Gasteiger partial charge in [0.15, 0.2) is 0 Å². The highest BCUT2D eigenvalue weighted by Gasteiger charge is 2.02. The van der Waals surface area contributed by atoms with Gasteiger partial charge in [-0.05, 0) is 30.5 Å². The zero-order chi connectivity index (χ0) is 10.6. The SMILES string of the molecule is CC(C)CSc1cc([C@@H](C)N)ccn1. The number of hydrogen-bond donors (Lipinski definition) is 1. The van der Waals surface area contributed by atoms with E-state index in [0.29, 0.717) is 5.92 Å². The molecule has 0 saturated carbocycles. The van der Waals surface area contributed by atoms with E-state index in [0.717, 1.165) is 16.3 Å². The van der Waals surface area contributed by atoms with E-state index in [-0.39, 0.29) is 6.04 Å². The molecule has 0 aliphatic heterocycles. The van der Waals surface area contributed by atoms with Gasteiger partial charge in [-0.2, -0.15) is 0 Å². The van der Waals surface area contributed by atoms with Crippen LogP contribution in [0.2, 0.25) is 0 Å². The Balaban J connectivity index is 2.64. The quantitative estimate of drug-likeness (QED) is 0.777. The summed E-state index contributed by atoms with van der Waals surface area (Å²) >= 11 is 1.79. The molecular formula is C11H18N2S. The average Bonchev–Trinajstić information content (AvgIpc) is 2.15. The van der Waals surface area contributed by atoms with E-state index in [1.165, 1.54) is 0 Å². The van der Waals surface area contributed by atoms with E-state index in [1.54, 1.807) is 11.8 Å². The predicted octanol–water partition coefficient (Wildman–Crippen LogP) is 2.85. The van der Waals surface area contributed by atoms with Crippen molar-refractivity contribution in [2.75, 3.05) is 5.75 Å². The predicted molar refractivity (Wildman–Crippen MR) is 62.4 cm³/mol. The van der Waals surface area contributed by atoms with Crippen LogP contribution in [0.1, 0.15) is 32.4 Å². The van der Waals surface area contributed by atoms with E-state index in [4.69, 9.17) is 5.73 Å². The molecule has 0 amide bonds. The molecule has 1 rings (SSSR count). The van der Waals surface area contributed by atoms with Crippen molar-refractivity contribution < 1.29 is 0 Å². The highest BCUT2D eigenvalue weighted by Crippen LogP contribution is 2.20. The van der Waals surface area contributed by atoms with Gasteiger partial charge in [0.05, 0.1) is 5.03 Å². The lowest BCUT2D eigenvalue weighted by molar-refractivity contribution is 0.749. The third kappa shape index (κ3) is 3.68. The first kappa shape index (κ1) is 11.5. The number of nitrogens with zero attached hydrogens (tertiary/aromatic N) is 1. The van der Waals surface area contributed by atoms with Gasteiger partial charge in [0.2, 0.25) is 0 Å². The molecule has 0 aliphatic rings. The smallest absolute Gasteiger partial charge is 0.0963 e. The minimum atomic E-state index is 0.0939. The molecule has 2 N–H and O–H groups in total. The van der Waals surface area contributed by atoms with E-state index in [9.17, 15) is 0 Å². The van der Waals surface area contributed by atoms with Crippen molar-refractivity contribution in [1.29, 1.82) is 0 Å². The monoisotopic (exact) mass is 210 g/mol. The number of hydrogen-bond acceptors (Lipinski definition) is 3. The van der Waals surface area contributed by atoms with Gasteiger partial charge in [-0.15, -0.1) is 11.8 Å². The number of rotatable bonds is 4. The summed E-state index contributed by atoms with van der Waals surface area (Å²) in [5.41, 5.74) is 6.96. The second-order valence-electron chi connectivity index (χ2n) is 3.92. The summed E-state index contributed by atoms with van der Waals surface area (Å²) in [4.78, 5) is 4.30. The lowest BCUT2D eigenvalue weighted by atomic mass is 10.1. The van der Waals surface area contributed by atoms with Crippen LogP contribution in [0, 0.1) is 5.92 Å². The summed E-state index contributed by atoms with van der Waals surface area (Å²) < 4.78 is 0. The Morgan fingerprint density at radius 1 is 1.43 bits per heavy atom. The van der Waals surface area contributed by atoms with Crippen molar-refractivity contribution in [3.8, 4) is 0 Å². The Morgan fingerprint density at radius 3 is 2.71 bits per heavy atom. The summed E-state index contributed by atoms with van der Waals surface area (Å²) in [7, 11) is 0. The van der Waals surface area contributed by atoms with Crippen LogP contribution >= 0.6 is 11.8 Å². The molecule has 14 heavy (non-hydrogen) atoms. The van der Waals surface area contributed by atoms with Gasteiger partial charge < -0.3 is 5.73 Å². The maximum atomic E-state index is 5.80. The first-order valence-electron chi connectivity index (χ1n) is 4.94. The molecular weight excluding hydrogens is 192 g/mol. The maximum Gasteiger partial charge on any atom is 0.0963 e. The van der Waals surface area contributed by atoms with Crippen molar-refractivity contribution in [1.82, 2.24) is 4.98 Å². The molecule has 1 aromatic heterocycles. The second-order valence-corrected chi connectivity index (χ2v) is 4.96. The second kappa shape index (κ2) is 5.37. The van der Waals surface area contributed by atoms with Crippen LogP contribution in [0.15, 0.2) is 23.4 Å². The maximum absolute atomic E-state index is 5.80. The largest absolute Gasteiger partial charge is 0.324 e. The normalized spacial score (nSPS) is 13.2. The molecule has 0 saturated heterocycles. The minimum Gasteiger partial charge on any atom is -0.324 e. The Bertz CT molecular complexity index is 284.